The van der Waals surface area contributed by atoms with Crippen molar-refractivity contribution in [3.05, 3.63) is 16.4 Å². The van der Waals surface area contributed by atoms with Gasteiger partial charge in [0.15, 0.2) is 6.23 Å². The van der Waals surface area contributed by atoms with E-state index in [0.717, 1.165) is 10.9 Å². The average Bonchev–Trinajstić information content (AvgIpc) is 2.82. The Hall–Kier alpha value is -1.33. The van der Waals surface area contributed by atoms with Gasteiger partial charge in [-0.15, -0.1) is 0 Å². The molecule has 0 radical (unpaired) electrons. The number of aliphatic hydroxyl groups is 3. The van der Waals surface area contributed by atoms with Crippen molar-refractivity contribution in [2.24, 2.45) is 0 Å². The quantitative estimate of drug-likeness (QED) is 0.338. The molecule has 0 unspecified atom stereocenters. The molecule has 0 bridgehead atoms. The van der Waals surface area contributed by atoms with Gasteiger partial charge in [0.1, 0.15) is 18.3 Å². The van der Waals surface area contributed by atoms with E-state index >= 15 is 0 Å². The molecule has 3 N–H and O–H groups in total. The molecule has 1 aliphatic rings. The van der Waals surface area contributed by atoms with Crippen LogP contribution in [-0.4, -0.2) is 54.7 Å². The lowest BCUT2D eigenvalue weighted by Crippen LogP contribution is -2.33. The summed E-state index contributed by atoms with van der Waals surface area (Å²) in [6, 6.07) is 0. The lowest BCUT2D eigenvalue weighted by atomic mass is 10.1. The molecule has 0 amide bonds. The number of nitro groups is 1. The van der Waals surface area contributed by atoms with Gasteiger partial charge in [-0.2, -0.15) is 0 Å². The van der Waals surface area contributed by atoms with Gasteiger partial charge in [-0.1, -0.05) is 0 Å². The van der Waals surface area contributed by atoms with Gasteiger partial charge in [-0.05, 0) is 14.9 Å². The molecule has 18 heavy (non-hydrogen) atoms. The van der Waals surface area contributed by atoms with Crippen LogP contribution >= 0.6 is 0 Å². The van der Waals surface area contributed by atoms with E-state index in [-0.39, 0.29) is 5.03 Å². The Morgan fingerprint density at radius 3 is 2.67 bits per heavy atom. The van der Waals surface area contributed by atoms with E-state index in [2.05, 4.69) is 4.98 Å². The van der Waals surface area contributed by atoms with Gasteiger partial charge in [0, 0.05) is 0 Å². The van der Waals surface area contributed by atoms with Crippen molar-refractivity contribution in [1.29, 1.82) is 0 Å². The summed E-state index contributed by atoms with van der Waals surface area (Å²) < 4.78 is 6.26. The normalized spacial score (nSPS) is 31.7. The molecule has 1 aromatic heterocycles. The molecule has 0 aromatic carbocycles. The Bertz CT molecular complexity index is 466. The van der Waals surface area contributed by atoms with Crippen LogP contribution in [0.3, 0.4) is 0 Å². The fourth-order valence-corrected chi connectivity index (χ4v) is 2.03. The van der Waals surface area contributed by atoms with Crippen molar-refractivity contribution in [3.8, 4) is 0 Å². The Kier molecular flexibility index (Phi) is 3.45. The van der Waals surface area contributed by atoms with Crippen LogP contribution in [0.4, 0.5) is 5.82 Å². The summed E-state index contributed by atoms with van der Waals surface area (Å²) in [7, 11) is 0. The van der Waals surface area contributed by atoms with Gasteiger partial charge in [-0.25, -0.2) is 0 Å². The molecule has 10 heteroatoms. The molecule has 1 aromatic rings. The van der Waals surface area contributed by atoms with Gasteiger partial charge in [0.2, 0.25) is 6.33 Å². The number of rotatable bonds is 3. The average molecular weight is 276 g/mol. The maximum Gasteiger partial charge on any atom is 0.362 e. The lowest BCUT2D eigenvalue weighted by molar-refractivity contribution is -0.392. The largest absolute Gasteiger partial charge is 0.754 e. The second kappa shape index (κ2) is 4.74. The zero-order valence-corrected chi connectivity index (χ0v) is 9.73. The topological polar surface area (TPSA) is 131 Å². The van der Waals surface area contributed by atoms with E-state index in [9.17, 15) is 20.3 Å². The Labute approximate surface area is 106 Å². The Balaban J connectivity index is 2.30. The maximum absolute atomic E-state index is 10.6. The minimum Gasteiger partial charge on any atom is -0.754 e. The predicted molar refractivity (Wildman–Crippen MR) is 57.5 cm³/mol. The summed E-state index contributed by atoms with van der Waals surface area (Å²) in [5, 5.41) is 38.6. The van der Waals surface area contributed by atoms with E-state index in [4.69, 9.17) is 22.5 Å². The molecular weight excluding hydrogens is 266 g/mol. The molecule has 1 aliphatic heterocycles. The molecule has 1 saturated heterocycles. The number of imidazole rings is 1. The summed E-state index contributed by atoms with van der Waals surface area (Å²) in [5.74, 6) is -0.525. The number of hydrogen-bond acceptors (Lipinski definition) is 8. The van der Waals surface area contributed by atoms with Gasteiger partial charge >= 0.3 is 5.82 Å². The van der Waals surface area contributed by atoms with Crippen LogP contribution in [0.2, 0.25) is 0 Å². The monoisotopic (exact) mass is 276 g/mol. The van der Waals surface area contributed by atoms with Gasteiger partial charge < -0.3 is 42.8 Å². The van der Waals surface area contributed by atoms with E-state index < -0.39 is 41.9 Å². The summed E-state index contributed by atoms with van der Waals surface area (Å²) in [5.41, 5.74) is 0. The second-order valence-electron chi connectivity index (χ2n) is 3.77. The van der Waals surface area contributed by atoms with Crippen molar-refractivity contribution >= 4 is 18.4 Å². The molecule has 9 nitrogen and oxygen atoms in total. The lowest BCUT2D eigenvalue weighted by Gasteiger charge is -2.19. The van der Waals surface area contributed by atoms with Crippen molar-refractivity contribution in [2.75, 3.05) is 6.61 Å². The van der Waals surface area contributed by atoms with Crippen LogP contribution < -0.4 is 0 Å². The van der Waals surface area contributed by atoms with Crippen molar-refractivity contribution in [2.45, 2.75) is 29.6 Å². The summed E-state index contributed by atoms with van der Waals surface area (Å²) in [6.45, 7) is -0.488. The van der Waals surface area contributed by atoms with Gasteiger partial charge in [-0.3, -0.25) is 4.57 Å². The highest BCUT2D eigenvalue weighted by Crippen LogP contribution is 2.32. The fourth-order valence-electron chi connectivity index (χ4n) is 1.76. The van der Waals surface area contributed by atoms with E-state index in [1.165, 1.54) is 0 Å². The first-order valence-electron chi connectivity index (χ1n) is 4.98. The van der Waals surface area contributed by atoms with Gasteiger partial charge in [0.05, 0.1) is 6.61 Å². The third kappa shape index (κ3) is 1.93. The van der Waals surface area contributed by atoms with Crippen LogP contribution in [0.25, 0.3) is 0 Å². The third-order valence-electron chi connectivity index (χ3n) is 2.69. The first kappa shape index (κ1) is 13.1. The van der Waals surface area contributed by atoms with Crippen LogP contribution in [-0.2, 0) is 17.4 Å². The van der Waals surface area contributed by atoms with E-state index in [1.54, 1.807) is 0 Å². The molecule has 100 valence electrons. The molecule has 0 saturated carbocycles. The fraction of sp³-hybridized carbons (Fsp3) is 0.625. The van der Waals surface area contributed by atoms with Crippen LogP contribution in [0.5, 0.6) is 0 Å². The summed E-state index contributed by atoms with van der Waals surface area (Å²) in [6.07, 6.45) is -3.67. The molecule has 0 spiro atoms. The number of nitrogens with zero attached hydrogens (tertiary/aromatic N) is 3. The zero-order chi connectivity index (χ0) is 13.4. The number of ether oxygens (including phenoxy) is 1. The molecule has 4 atom stereocenters. The highest BCUT2D eigenvalue weighted by molar-refractivity contribution is 7.58. The first-order chi connectivity index (χ1) is 8.47. The molecular formula is C8H10N3O6S-. The zero-order valence-electron chi connectivity index (χ0n) is 8.91. The van der Waals surface area contributed by atoms with Crippen molar-refractivity contribution < 1.29 is 25.0 Å². The van der Waals surface area contributed by atoms with Crippen LogP contribution in [0.1, 0.15) is 6.23 Å². The predicted octanol–water partition coefficient (Wildman–Crippen LogP) is -1.69. The minimum atomic E-state index is -1.35. The third-order valence-corrected chi connectivity index (χ3v) is 3.09. The SMILES string of the molecule is O=[N+]([O-])c1ncn([C@@H]2O[C@H](CO)[C@@H](O)[C@H]2O)c1[S-]. The molecule has 2 heterocycles. The molecule has 2 rings (SSSR count). The van der Waals surface area contributed by atoms with E-state index in [1.807, 2.05) is 0 Å². The first-order valence-corrected chi connectivity index (χ1v) is 5.39. The number of hydrogen-bond donors (Lipinski definition) is 3. The smallest absolute Gasteiger partial charge is 0.362 e. The van der Waals surface area contributed by atoms with E-state index in [0.29, 0.717) is 0 Å². The number of aliphatic hydroxyl groups excluding tert-OH is 3. The van der Waals surface area contributed by atoms with Crippen molar-refractivity contribution in [1.82, 2.24) is 9.55 Å². The standard InChI is InChI=1S/C8H11N3O6S/c12-1-3-4(13)5(14)7(17-3)10-2-9-6(8(10)18)11(15)16/h2-5,7,12-14,18H,1H2/p-1/t3-,4-,5-,7-/m1/s1. The van der Waals surface area contributed by atoms with Crippen molar-refractivity contribution in [3.63, 3.8) is 0 Å². The summed E-state index contributed by atoms with van der Waals surface area (Å²) >= 11 is 4.83. The van der Waals surface area contributed by atoms with Crippen LogP contribution in [0.15, 0.2) is 11.4 Å². The molecule has 0 aliphatic carbocycles. The minimum absolute atomic E-state index is 0.213. The maximum atomic E-state index is 10.6. The second-order valence-corrected chi connectivity index (χ2v) is 4.15. The highest BCUT2D eigenvalue weighted by Gasteiger charge is 2.44. The highest BCUT2D eigenvalue weighted by atomic mass is 32.1. The number of aromatic nitrogens is 2. The van der Waals surface area contributed by atoms with Gasteiger partial charge in [0.25, 0.3) is 0 Å². The summed E-state index contributed by atoms with van der Waals surface area (Å²) in [4.78, 5) is 13.3. The molecule has 1 fully saturated rings. The Morgan fingerprint density at radius 1 is 1.56 bits per heavy atom. The Morgan fingerprint density at radius 2 is 2.22 bits per heavy atom. The van der Waals surface area contributed by atoms with Crippen LogP contribution in [0, 0.1) is 10.1 Å².